The third kappa shape index (κ3) is 3.25. The van der Waals surface area contributed by atoms with Gasteiger partial charge in [0.15, 0.2) is 0 Å². The van der Waals surface area contributed by atoms with Crippen molar-refractivity contribution in [2.24, 2.45) is 0 Å². The number of hydrogen-bond acceptors (Lipinski definition) is 6. The molecule has 2 rings (SSSR count). The van der Waals surface area contributed by atoms with Gasteiger partial charge < -0.3 is 11.1 Å². The van der Waals surface area contributed by atoms with Crippen molar-refractivity contribution in [3.8, 4) is 0 Å². The number of thiazole rings is 1. The summed E-state index contributed by atoms with van der Waals surface area (Å²) in [6.07, 6.45) is 1.88. The molecule has 0 saturated carbocycles. The number of nitrogens with one attached hydrogen (secondary N) is 1. The molecule has 0 saturated heterocycles. The van der Waals surface area contributed by atoms with E-state index >= 15 is 0 Å². The zero-order valence-electron chi connectivity index (χ0n) is 12.6. The maximum atomic E-state index is 5.99. The van der Waals surface area contributed by atoms with E-state index in [9.17, 15) is 0 Å². The summed E-state index contributed by atoms with van der Waals surface area (Å²) < 4.78 is 0. The van der Waals surface area contributed by atoms with Crippen LogP contribution in [0.15, 0.2) is 6.20 Å². The van der Waals surface area contributed by atoms with Crippen molar-refractivity contribution < 1.29 is 0 Å². The van der Waals surface area contributed by atoms with Crippen LogP contribution in [0.25, 0.3) is 0 Å². The number of aromatic nitrogens is 3. The molecule has 0 bridgehead atoms. The average molecular weight is 291 g/mol. The van der Waals surface area contributed by atoms with Gasteiger partial charge in [-0.1, -0.05) is 20.8 Å². The normalized spacial score (nSPS) is 11.7. The SMILES string of the molecule is Cc1cnc(CNc2nc(C(C)(C)C)nc(N)c2C)s1. The molecule has 0 aliphatic rings. The highest BCUT2D eigenvalue weighted by molar-refractivity contribution is 7.11. The third-order valence-electron chi connectivity index (χ3n) is 2.93. The maximum absolute atomic E-state index is 5.99. The first-order chi connectivity index (χ1) is 9.27. The van der Waals surface area contributed by atoms with Gasteiger partial charge in [0.05, 0.1) is 6.54 Å². The highest BCUT2D eigenvalue weighted by atomic mass is 32.1. The molecule has 0 fully saturated rings. The Morgan fingerprint density at radius 3 is 2.50 bits per heavy atom. The largest absolute Gasteiger partial charge is 0.383 e. The van der Waals surface area contributed by atoms with Crippen LogP contribution >= 0.6 is 11.3 Å². The zero-order chi connectivity index (χ0) is 14.9. The first-order valence-corrected chi connectivity index (χ1v) is 7.39. The summed E-state index contributed by atoms with van der Waals surface area (Å²) in [4.78, 5) is 14.5. The van der Waals surface area contributed by atoms with Gasteiger partial charge in [-0.3, -0.25) is 0 Å². The van der Waals surface area contributed by atoms with Gasteiger partial charge in [-0.05, 0) is 13.8 Å². The summed E-state index contributed by atoms with van der Waals surface area (Å²) in [7, 11) is 0. The van der Waals surface area contributed by atoms with Crippen LogP contribution in [0.1, 0.15) is 42.0 Å². The molecule has 0 aromatic carbocycles. The summed E-state index contributed by atoms with van der Waals surface area (Å²) in [6.45, 7) is 10.9. The number of nitrogens with two attached hydrogens (primary N) is 1. The molecule has 0 radical (unpaired) electrons. The Labute approximate surface area is 123 Å². The lowest BCUT2D eigenvalue weighted by Gasteiger charge is -2.19. The van der Waals surface area contributed by atoms with Crippen molar-refractivity contribution in [3.05, 3.63) is 27.5 Å². The molecule has 0 amide bonds. The van der Waals surface area contributed by atoms with Crippen LogP contribution in [0.2, 0.25) is 0 Å². The molecule has 0 aliphatic heterocycles. The van der Waals surface area contributed by atoms with Gasteiger partial charge in [0.1, 0.15) is 22.5 Å². The van der Waals surface area contributed by atoms with E-state index < -0.39 is 0 Å². The Kier molecular flexibility index (Phi) is 3.94. The average Bonchev–Trinajstić information content (AvgIpc) is 2.75. The maximum Gasteiger partial charge on any atom is 0.138 e. The van der Waals surface area contributed by atoms with E-state index in [4.69, 9.17) is 5.73 Å². The standard InChI is InChI=1S/C14H21N5S/c1-8-6-16-10(20-8)7-17-12-9(2)11(15)18-13(19-12)14(3,4)5/h6H,7H2,1-5H3,(H3,15,17,18,19). The van der Waals surface area contributed by atoms with Crippen molar-refractivity contribution in [1.82, 2.24) is 15.0 Å². The van der Waals surface area contributed by atoms with E-state index in [0.717, 1.165) is 22.2 Å². The van der Waals surface area contributed by atoms with E-state index in [1.54, 1.807) is 11.3 Å². The molecule has 0 spiro atoms. The van der Waals surface area contributed by atoms with E-state index in [1.807, 2.05) is 20.0 Å². The van der Waals surface area contributed by atoms with Crippen molar-refractivity contribution >= 4 is 23.0 Å². The van der Waals surface area contributed by atoms with Crippen molar-refractivity contribution in [3.63, 3.8) is 0 Å². The van der Waals surface area contributed by atoms with Crippen LogP contribution in [0, 0.1) is 13.8 Å². The second kappa shape index (κ2) is 5.36. The lowest BCUT2D eigenvalue weighted by molar-refractivity contribution is 0.546. The Morgan fingerprint density at radius 2 is 1.95 bits per heavy atom. The molecule has 2 aromatic rings. The second-order valence-electron chi connectivity index (χ2n) is 5.87. The van der Waals surface area contributed by atoms with Crippen LogP contribution < -0.4 is 11.1 Å². The number of anilines is 2. The molecule has 2 heterocycles. The van der Waals surface area contributed by atoms with Crippen molar-refractivity contribution in [1.29, 1.82) is 0 Å². The fourth-order valence-electron chi connectivity index (χ4n) is 1.68. The molecule has 6 heteroatoms. The van der Waals surface area contributed by atoms with Crippen LogP contribution in [0.5, 0.6) is 0 Å². The summed E-state index contributed by atoms with van der Waals surface area (Å²) in [5, 5.41) is 4.35. The minimum Gasteiger partial charge on any atom is -0.383 e. The second-order valence-corrected chi connectivity index (χ2v) is 7.19. The van der Waals surface area contributed by atoms with E-state index in [2.05, 4.69) is 41.0 Å². The van der Waals surface area contributed by atoms with Gasteiger partial charge in [-0.15, -0.1) is 11.3 Å². The van der Waals surface area contributed by atoms with E-state index in [0.29, 0.717) is 12.4 Å². The van der Waals surface area contributed by atoms with Crippen LogP contribution in [-0.4, -0.2) is 15.0 Å². The van der Waals surface area contributed by atoms with Crippen LogP contribution in [0.4, 0.5) is 11.6 Å². The van der Waals surface area contributed by atoms with Crippen LogP contribution in [-0.2, 0) is 12.0 Å². The minimum absolute atomic E-state index is 0.129. The molecule has 2 aromatic heterocycles. The van der Waals surface area contributed by atoms with Gasteiger partial charge in [0.2, 0.25) is 0 Å². The Morgan fingerprint density at radius 1 is 1.25 bits per heavy atom. The molecule has 3 N–H and O–H groups in total. The topological polar surface area (TPSA) is 76.7 Å². The molecule has 20 heavy (non-hydrogen) atoms. The van der Waals surface area contributed by atoms with Crippen molar-refractivity contribution in [2.45, 2.75) is 46.6 Å². The lowest BCUT2D eigenvalue weighted by Crippen LogP contribution is -2.19. The Bertz CT molecular complexity index is 613. The fourth-order valence-corrected chi connectivity index (χ4v) is 2.41. The summed E-state index contributed by atoms with van der Waals surface area (Å²) in [6, 6.07) is 0. The predicted molar refractivity (Wildman–Crippen MR) is 84.1 cm³/mol. The van der Waals surface area contributed by atoms with E-state index in [1.165, 1.54) is 4.88 Å². The van der Waals surface area contributed by atoms with Crippen molar-refractivity contribution in [2.75, 3.05) is 11.1 Å². The fraction of sp³-hybridized carbons (Fsp3) is 0.500. The van der Waals surface area contributed by atoms with Gasteiger partial charge >= 0.3 is 0 Å². The first-order valence-electron chi connectivity index (χ1n) is 6.57. The van der Waals surface area contributed by atoms with Gasteiger partial charge in [0.25, 0.3) is 0 Å². The quantitative estimate of drug-likeness (QED) is 0.909. The number of hydrogen-bond donors (Lipinski definition) is 2. The zero-order valence-corrected chi connectivity index (χ0v) is 13.4. The lowest BCUT2D eigenvalue weighted by atomic mass is 9.95. The molecule has 0 aliphatic carbocycles. The minimum atomic E-state index is -0.129. The monoisotopic (exact) mass is 291 g/mol. The Balaban J connectivity index is 2.24. The van der Waals surface area contributed by atoms with Gasteiger partial charge in [-0.2, -0.15) is 0 Å². The summed E-state index contributed by atoms with van der Waals surface area (Å²) in [5.41, 5.74) is 6.74. The number of aryl methyl sites for hydroxylation is 1. The number of nitrogen functional groups attached to an aromatic ring is 1. The first kappa shape index (κ1) is 14.7. The smallest absolute Gasteiger partial charge is 0.138 e. The van der Waals surface area contributed by atoms with Crippen LogP contribution in [0.3, 0.4) is 0 Å². The number of rotatable bonds is 3. The predicted octanol–water partition coefficient (Wildman–Crippen LogP) is 3.04. The van der Waals surface area contributed by atoms with E-state index in [-0.39, 0.29) is 5.41 Å². The molecule has 0 unspecified atom stereocenters. The molecule has 108 valence electrons. The number of nitrogens with zero attached hydrogens (tertiary/aromatic N) is 3. The molecule has 0 atom stereocenters. The van der Waals surface area contributed by atoms with Gasteiger partial charge in [0, 0.05) is 22.1 Å². The molecular formula is C14H21N5S. The summed E-state index contributed by atoms with van der Waals surface area (Å²) >= 11 is 1.68. The summed E-state index contributed by atoms with van der Waals surface area (Å²) in [5.74, 6) is 2.07. The Hall–Kier alpha value is -1.69. The molecule has 5 nitrogen and oxygen atoms in total. The highest BCUT2D eigenvalue weighted by Crippen LogP contribution is 2.25. The van der Waals surface area contributed by atoms with Gasteiger partial charge in [-0.25, -0.2) is 15.0 Å². The molecular weight excluding hydrogens is 270 g/mol. The third-order valence-corrected chi connectivity index (χ3v) is 3.84. The highest BCUT2D eigenvalue weighted by Gasteiger charge is 2.20.